The maximum absolute atomic E-state index is 11.6. The first kappa shape index (κ1) is 24.0. The summed E-state index contributed by atoms with van der Waals surface area (Å²) in [6.45, 7) is 0.916. The fourth-order valence-electron chi connectivity index (χ4n) is 3.72. The van der Waals surface area contributed by atoms with E-state index in [0.717, 1.165) is 23.4 Å². The predicted molar refractivity (Wildman–Crippen MR) is 136 cm³/mol. The van der Waals surface area contributed by atoms with Gasteiger partial charge < -0.3 is 9.47 Å². The number of nitrogens with two attached hydrogens (primary N) is 1. The van der Waals surface area contributed by atoms with Gasteiger partial charge in [-0.1, -0.05) is 18.2 Å². The lowest BCUT2D eigenvalue weighted by Gasteiger charge is -2.18. The van der Waals surface area contributed by atoms with Gasteiger partial charge in [-0.25, -0.2) is 18.2 Å². The highest BCUT2D eigenvalue weighted by atomic mass is 32.2. The minimum absolute atomic E-state index is 0.00928. The van der Waals surface area contributed by atoms with Crippen molar-refractivity contribution in [3.05, 3.63) is 88.6 Å². The number of ether oxygens (including phenoxy) is 2. The van der Waals surface area contributed by atoms with Gasteiger partial charge in [-0.3, -0.25) is 15.5 Å². The second-order valence-corrected chi connectivity index (χ2v) is 9.48. The highest BCUT2D eigenvalue weighted by Gasteiger charge is 2.20. The number of nitro benzene ring substituents is 1. The van der Waals surface area contributed by atoms with Crippen molar-refractivity contribution in [3.8, 4) is 28.4 Å². The zero-order chi connectivity index (χ0) is 26.0. The van der Waals surface area contributed by atoms with Gasteiger partial charge in [0.05, 0.1) is 21.7 Å². The molecule has 1 aliphatic heterocycles. The van der Waals surface area contributed by atoms with E-state index in [-0.39, 0.29) is 10.6 Å². The van der Waals surface area contributed by atoms with Gasteiger partial charge in [-0.15, -0.1) is 0 Å². The minimum atomic E-state index is -4.11. The third-order valence-electron chi connectivity index (χ3n) is 5.46. The second kappa shape index (κ2) is 9.72. The zero-order valence-electron chi connectivity index (χ0n) is 19.1. The molecule has 3 N–H and O–H groups in total. The summed E-state index contributed by atoms with van der Waals surface area (Å²) in [5, 5.41) is 25.5. The maximum Gasteiger partial charge on any atom is 0.295 e. The third-order valence-corrected chi connectivity index (χ3v) is 6.37. The Labute approximate surface area is 211 Å². The molecule has 188 valence electrons. The SMILES string of the molecule is NS(=O)(=O)c1ccc(N/N=C/c2cn(-c3ccccc3)nc2-c2ccc3c(c2)OCCO3)c([N+](=O)[O-])c1. The Morgan fingerprint density at radius 1 is 1.05 bits per heavy atom. The number of aromatic nitrogens is 2. The van der Waals surface area contributed by atoms with Gasteiger partial charge in [-0.2, -0.15) is 10.2 Å². The van der Waals surface area contributed by atoms with Crippen molar-refractivity contribution >= 4 is 27.6 Å². The molecule has 0 amide bonds. The molecule has 0 spiro atoms. The van der Waals surface area contributed by atoms with Crippen LogP contribution in [0.1, 0.15) is 5.56 Å². The molecule has 0 fully saturated rings. The van der Waals surface area contributed by atoms with Crippen molar-refractivity contribution in [1.29, 1.82) is 0 Å². The summed E-state index contributed by atoms with van der Waals surface area (Å²) in [5.74, 6) is 1.24. The molecule has 0 bridgehead atoms. The summed E-state index contributed by atoms with van der Waals surface area (Å²) in [6, 6.07) is 18.2. The molecule has 0 atom stereocenters. The molecule has 0 unspecified atom stereocenters. The first-order valence-electron chi connectivity index (χ1n) is 10.9. The van der Waals surface area contributed by atoms with Gasteiger partial charge in [0.1, 0.15) is 24.6 Å². The van der Waals surface area contributed by atoms with E-state index in [1.165, 1.54) is 12.3 Å². The van der Waals surface area contributed by atoms with Gasteiger partial charge in [0.25, 0.3) is 5.69 Å². The molecule has 12 nitrogen and oxygen atoms in total. The van der Waals surface area contributed by atoms with Crippen LogP contribution in [0.15, 0.2) is 82.9 Å². The molecule has 5 rings (SSSR count). The molecule has 1 aliphatic rings. The van der Waals surface area contributed by atoms with Crippen molar-refractivity contribution in [1.82, 2.24) is 9.78 Å². The van der Waals surface area contributed by atoms with Crippen molar-refractivity contribution < 1.29 is 22.8 Å². The molecule has 1 aromatic heterocycles. The lowest BCUT2D eigenvalue weighted by Crippen LogP contribution is -2.15. The lowest BCUT2D eigenvalue weighted by atomic mass is 10.1. The molecule has 13 heteroatoms. The first-order chi connectivity index (χ1) is 17.8. The minimum Gasteiger partial charge on any atom is -0.486 e. The fraction of sp³-hybridized carbons (Fsp3) is 0.0833. The Balaban J connectivity index is 1.51. The molecule has 0 saturated heterocycles. The molecule has 4 aromatic rings. The van der Waals surface area contributed by atoms with Crippen LogP contribution in [0.25, 0.3) is 16.9 Å². The number of nitro groups is 1. The average molecular weight is 521 g/mol. The number of hydrazone groups is 1. The van der Waals surface area contributed by atoms with E-state index >= 15 is 0 Å². The Kier molecular flexibility index (Phi) is 6.29. The van der Waals surface area contributed by atoms with E-state index in [1.807, 2.05) is 42.5 Å². The van der Waals surface area contributed by atoms with Crippen molar-refractivity contribution in [3.63, 3.8) is 0 Å². The number of anilines is 1. The molecule has 0 aliphatic carbocycles. The molecular formula is C24H20N6O6S. The largest absolute Gasteiger partial charge is 0.486 e. The van der Waals surface area contributed by atoms with Gasteiger partial charge >= 0.3 is 0 Å². The zero-order valence-corrected chi connectivity index (χ0v) is 20.0. The van der Waals surface area contributed by atoms with Crippen LogP contribution in [0.5, 0.6) is 11.5 Å². The van der Waals surface area contributed by atoms with Crippen LogP contribution in [-0.2, 0) is 10.0 Å². The van der Waals surface area contributed by atoms with E-state index < -0.39 is 20.6 Å². The van der Waals surface area contributed by atoms with Gasteiger partial charge in [0, 0.05) is 23.4 Å². The molecule has 37 heavy (non-hydrogen) atoms. The van der Waals surface area contributed by atoms with Crippen LogP contribution in [0, 0.1) is 10.1 Å². The number of fused-ring (bicyclic) bond motifs is 1. The number of rotatable bonds is 7. The Morgan fingerprint density at radius 3 is 2.54 bits per heavy atom. The van der Waals surface area contributed by atoms with E-state index in [0.29, 0.717) is 36.0 Å². The smallest absolute Gasteiger partial charge is 0.295 e. The summed E-state index contributed by atoms with van der Waals surface area (Å²) >= 11 is 0. The highest BCUT2D eigenvalue weighted by molar-refractivity contribution is 7.89. The van der Waals surface area contributed by atoms with Crippen LogP contribution in [0.2, 0.25) is 0 Å². The second-order valence-electron chi connectivity index (χ2n) is 7.92. The lowest BCUT2D eigenvalue weighted by molar-refractivity contribution is -0.384. The molecule has 2 heterocycles. The third kappa shape index (κ3) is 5.12. The van der Waals surface area contributed by atoms with Crippen molar-refractivity contribution in [2.45, 2.75) is 4.90 Å². The quantitative estimate of drug-likeness (QED) is 0.213. The number of para-hydroxylation sites is 1. The number of sulfonamides is 1. The van der Waals surface area contributed by atoms with Crippen LogP contribution in [-0.4, -0.2) is 42.5 Å². The standard InChI is InChI=1S/C24H20N6O6S/c25-37(33,34)19-7-8-20(21(13-19)30(31)32)27-26-14-17-15-29(18-4-2-1-3-5-18)28-24(17)16-6-9-22-23(12-16)36-11-10-35-22/h1-9,12-15,27H,10-11H2,(H2,25,33,34)/b26-14+. The number of hydrogen-bond donors (Lipinski definition) is 2. The normalized spacial score (nSPS) is 13.0. The van der Waals surface area contributed by atoms with E-state index in [4.69, 9.17) is 19.7 Å². The number of primary sulfonamides is 1. The molecule has 3 aromatic carbocycles. The summed E-state index contributed by atoms with van der Waals surface area (Å²) in [6.07, 6.45) is 3.24. The number of nitrogens with one attached hydrogen (secondary N) is 1. The van der Waals surface area contributed by atoms with E-state index in [2.05, 4.69) is 10.5 Å². The first-order valence-corrected chi connectivity index (χ1v) is 12.5. The fourth-order valence-corrected chi connectivity index (χ4v) is 4.25. The Bertz CT molecular complexity index is 1620. The van der Waals surface area contributed by atoms with Gasteiger partial charge in [0.15, 0.2) is 11.5 Å². The topological polar surface area (TPSA) is 164 Å². The Morgan fingerprint density at radius 2 is 1.81 bits per heavy atom. The number of nitrogens with zero attached hydrogens (tertiary/aromatic N) is 4. The summed E-state index contributed by atoms with van der Waals surface area (Å²) in [7, 11) is -4.11. The van der Waals surface area contributed by atoms with E-state index in [9.17, 15) is 18.5 Å². The van der Waals surface area contributed by atoms with Crippen molar-refractivity contribution in [2.24, 2.45) is 10.2 Å². The monoisotopic (exact) mass is 520 g/mol. The van der Waals surface area contributed by atoms with Crippen LogP contribution < -0.4 is 20.0 Å². The maximum atomic E-state index is 11.6. The molecule has 0 saturated carbocycles. The van der Waals surface area contributed by atoms with Crippen LogP contribution in [0.4, 0.5) is 11.4 Å². The van der Waals surface area contributed by atoms with Gasteiger partial charge in [0.2, 0.25) is 10.0 Å². The van der Waals surface area contributed by atoms with Gasteiger partial charge in [-0.05, 0) is 42.5 Å². The van der Waals surface area contributed by atoms with Crippen LogP contribution >= 0.6 is 0 Å². The molecule has 0 radical (unpaired) electrons. The molecular weight excluding hydrogens is 500 g/mol. The summed E-state index contributed by atoms with van der Waals surface area (Å²) < 4.78 is 36.2. The summed E-state index contributed by atoms with van der Waals surface area (Å²) in [4.78, 5) is 10.4. The number of benzene rings is 3. The van der Waals surface area contributed by atoms with Crippen molar-refractivity contribution in [2.75, 3.05) is 18.6 Å². The highest BCUT2D eigenvalue weighted by Crippen LogP contribution is 2.35. The average Bonchev–Trinajstić information content (AvgIpc) is 3.32. The van der Waals surface area contributed by atoms with E-state index in [1.54, 1.807) is 16.9 Å². The predicted octanol–water partition coefficient (Wildman–Crippen LogP) is 3.31. The Hall–Kier alpha value is -4.75. The van der Waals surface area contributed by atoms with Crippen LogP contribution in [0.3, 0.4) is 0 Å². The summed E-state index contributed by atoms with van der Waals surface area (Å²) in [5.41, 5.74) is 4.88. The number of hydrogen-bond acceptors (Lipinski definition) is 9.